The number of halogens is 3. The van der Waals surface area contributed by atoms with Gasteiger partial charge in [-0.1, -0.05) is 13.8 Å². The number of hydrogen-bond acceptors (Lipinski definition) is 4. The zero-order chi connectivity index (χ0) is 21.2. The Morgan fingerprint density at radius 1 is 1.34 bits per heavy atom. The molecular weight excluding hydrogens is 399 g/mol. The number of alkyl halides is 3. The molecule has 8 heteroatoms. The number of likely N-dealkylation sites (tertiary alicyclic amines) is 1. The summed E-state index contributed by atoms with van der Waals surface area (Å²) >= 11 is 0.927. The molecule has 1 aliphatic rings. The third-order valence-corrected chi connectivity index (χ3v) is 6.58. The van der Waals surface area contributed by atoms with E-state index in [1.807, 2.05) is 0 Å². The number of carbonyl (C=O) groups excluding carboxylic acids is 1. The van der Waals surface area contributed by atoms with E-state index in [-0.39, 0.29) is 21.7 Å². The fourth-order valence-electron chi connectivity index (χ4n) is 3.92. The van der Waals surface area contributed by atoms with Crippen LogP contribution in [0.15, 0.2) is 11.4 Å². The number of nitrogens with zero attached hydrogens (tertiary/aromatic N) is 2. The van der Waals surface area contributed by atoms with E-state index in [0.717, 1.165) is 50.2 Å². The number of hydrogen-bond donors (Lipinski definition) is 1. The SMILES string of the molecule is CNC(=O)c1csc2c(C(F)(F)F)cc(C3CCN(CCCC(C)C)CC3)nc12. The molecular formula is C21H28F3N3OS. The molecule has 160 valence electrons. The average Bonchev–Trinajstić information content (AvgIpc) is 3.10. The zero-order valence-electron chi connectivity index (χ0n) is 17.1. The lowest BCUT2D eigenvalue weighted by Gasteiger charge is -2.32. The highest BCUT2D eigenvalue weighted by molar-refractivity contribution is 7.17. The Kier molecular flexibility index (Phi) is 6.83. The van der Waals surface area contributed by atoms with Gasteiger partial charge in [0.25, 0.3) is 5.91 Å². The molecule has 1 saturated heterocycles. The second-order valence-corrected chi connectivity index (χ2v) is 9.03. The predicted octanol–water partition coefficient (Wildman–Crippen LogP) is 5.29. The number of piperidine rings is 1. The number of amides is 1. The summed E-state index contributed by atoms with van der Waals surface area (Å²) in [7, 11) is 1.47. The monoisotopic (exact) mass is 427 g/mol. The van der Waals surface area contributed by atoms with Gasteiger partial charge in [-0.15, -0.1) is 11.3 Å². The van der Waals surface area contributed by atoms with Gasteiger partial charge in [0, 0.05) is 24.0 Å². The molecule has 1 fully saturated rings. The van der Waals surface area contributed by atoms with Crippen LogP contribution in [0.25, 0.3) is 10.2 Å². The quantitative estimate of drug-likeness (QED) is 0.681. The lowest BCUT2D eigenvalue weighted by Crippen LogP contribution is -2.34. The van der Waals surface area contributed by atoms with Gasteiger partial charge in [0.15, 0.2) is 0 Å². The topological polar surface area (TPSA) is 45.2 Å². The summed E-state index contributed by atoms with van der Waals surface area (Å²) in [6.45, 7) is 7.20. The van der Waals surface area contributed by atoms with E-state index in [9.17, 15) is 18.0 Å². The minimum absolute atomic E-state index is 0.0145. The number of thiophene rings is 1. The lowest BCUT2D eigenvalue weighted by atomic mass is 9.91. The van der Waals surface area contributed by atoms with Crippen LogP contribution in [0.4, 0.5) is 13.2 Å². The first-order valence-corrected chi connectivity index (χ1v) is 11.0. The number of pyridine rings is 1. The third kappa shape index (κ3) is 5.09. The van der Waals surface area contributed by atoms with Gasteiger partial charge in [0.05, 0.1) is 21.3 Å². The largest absolute Gasteiger partial charge is 0.417 e. The summed E-state index contributed by atoms with van der Waals surface area (Å²) in [5, 5.41) is 3.95. The average molecular weight is 428 g/mol. The Balaban J connectivity index is 1.83. The van der Waals surface area contributed by atoms with E-state index < -0.39 is 17.6 Å². The minimum Gasteiger partial charge on any atom is -0.355 e. The molecule has 0 unspecified atom stereocenters. The van der Waals surface area contributed by atoms with Gasteiger partial charge in [0.2, 0.25) is 0 Å². The van der Waals surface area contributed by atoms with Crippen LogP contribution in [-0.2, 0) is 6.18 Å². The van der Waals surface area contributed by atoms with Crippen molar-refractivity contribution in [3.05, 3.63) is 28.3 Å². The summed E-state index contributed by atoms with van der Waals surface area (Å²) in [5.74, 6) is 0.262. The highest BCUT2D eigenvalue weighted by atomic mass is 32.1. The number of carbonyl (C=O) groups is 1. The molecule has 4 nitrogen and oxygen atoms in total. The second kappa shape index (κ2) is 9.00. The van der Waals surface area contributed by atoms with Crippen molar-refractivity contribution in [2.45, 2.75) is 51.6 Å². The minimum atomic E-state index is -4.47. The summed E-state index contributed by atoms with van der Waals surface area (Å²) in [5.41, 5.74) is 0.150. The third-order valence-electron chi connectivity index (χ3n) is 5.58. The molecule has 1 aliphatic heterocycles. The van der Waals surface area contributed by atoms with Crippen molar-refractivity contribution in [2.75, 3.05) is 26.7 Å². The molecule has 0 bridgehead atoms. The van der Waals surface area contributed by atoms with Gasteiger partial charge >= 0.3 is 6.18 Å². The van der Waals surface area contributed by atoms with Crippen molar-refractivity contribution in [1.29, 1.82) is 0 Å². The summed E-state index contributed by atoms with van der Waals surface area (Å²) in [6.07, 6.45) is -0.561. The Labute approximate surface area is 173 Å². The maximum atomic E-state index is 13.7. The van der Waals surface area contributed by atoms with Crippen molar-refractivity contribution < 1.29 is 18.0 Å². The summed E-state index contributed by atoms with van der Waals surface area (Å²) in [4.78, 5) is 19.0. The van der Waals surface area contributed by atoms with E-state index >= 15 is 0 Å². The zero-order valence-corrected chi connectivity index (χ0v) is 17.9. The Bertz CT molecular complexity index is 855. The maximum Gasteiger partial charge on any atom is 0.417 e. The number of fused-ring (bicyclic) bond motifs is 1. The van der Waals surface area contributed by atoms with Crippen LogP contribution in [0.5, 0.6) is 0 Å². The van der Waals surface area contributed by atoms with Crippen LogP contribution in [0.3, 0.4) is 0 Å². The van der Waals surface area contributed by atoms with Crippen LogP contribution >= 0.6 is 11.3 Å². The van der Waals surface area contributed by atoms with Crippen molar-refractivity contribution in [1.82, 2.24) is 15.2 Å². The molecule has 1 amide bonds. The maximum absolute atomic E-state index is 13.7. The molecule has 0 radical (unpaired) electrons. The number of rotatable bonds is 6. The number of nitrogens with one attached hydrogen (secondary N) is 1. The molecule has 2 aromatic rings. The summed E-state index contributed by atoms with van der Waals surface area (Å²) < 4.78 is 41.1. The Morgan fingerprint density at radius 3 is 2.62 bits per heavy atom. The fraction of sp³-hybridized carbons (Fsp3) is 0.619. The molecule has 0 saturated carbocycles. The van der Waals surface area contributed by atoms with Crippen LogP contribution in [0.2, 0.25) is 0 Å². The lowest BCUT2D eigenvalue weighted by molar-refractivity contribution is -0.136. The van der Waals surface area contributed by atoms with Gasteiger partial charge in [-0.3, -0.25) is 9.78 Å². The molecule has 0 spiro atoms. The first-order chi connectivity index (χ1) is 13.7. The molecule has 1 N–H and O–H groups in total. The van der Waals surface area contributed by atoms with E-state index in [0.29, 0.717) is 11.6 Å². The highest BCUT2D eigenvalue weighted by Gasteiger charge is 2.36. The molecule has 0 aromatic carbocycles. The van der Waals surface area contributed by atoms with Crippen molar-refractivity contribution in [2.24, 2.45) is 5.92 Å². The molecule has 29 heavy (non-hydrogen) atoms. The number of aromatic nitrogens is 1. The van der Waals surface area contributed by atoms with Gasteiger partial charge in [-0.2, -0.15) is 13.2 Å². The van der Waals surface area contributed by atoms with Crippen molar-refractivity contribution in [3.8, 4) is 0 Å². The molecule has 2 aromatic heterocycles. The van der Waals surface area contributed by atoms with Gasteiger partial charge in [-0.25, -0.2) is 0 Å². The van der Waals surface area contributed by atoms with Crippen LogP contribution < -0.4 is 5.32 Å². The summed E-state index contributed by atoms with van der Waals surface area (Å²) in [6, 6.07) is 1.20. The van der Waals surface area contributed by atoms with Crippen LogP contribution in [0, 0.1) is 5.92 Å². The first kappa shape index (κ1) is 22.0. The molecule has 3 heterocycles. The highest BCUT2D eigenvalue weighted by Crippen LogP contribution is 2.41. The molecule has 0 atom stereocenters. The molecule has 3 rings (SSSR count). The van der Waals surface area contributed by atoms with Gasteiger partial charge in [-0.05, 0) is 57.3 Å². The van der Waals surface area contributed by atoms with Crippen LogP contribution in [-0.4, -0.2) is 42.5 Å². The fourth-order valence-corrected chi connectivity index (χ4v) is 4.94. The van der Waals surface area contributed by atoms with Crippen LogP contribution in [0.1, 0.15) is 67.1 Å². The van der Waals surface area contributed by atoms with Crippen molar-refractivity contribution >= 4 is 27.5 Å². The van der Waals surface area contributed by atoms with E-state index in [1.54, 1.807) is 0 Å². The van der Waals surface area contributed by atoms with E-state index in [2.05, 4.69) is 29.0 Å². The first-order valence-electron chi connectivity index (χ1n) is 10.1. The smallest absolute Gasteiger partial charge is 0.355 e. The van der Waals surface area contributed by atoms with Gasteiger partial charge in [0.1, 0.15) is 0 Å². The Hall–Kier alpha value is -1.67. The van der Waals surface area contributed by atoms with E-state index in [1.165, 1.54) is 24.9 Å². The molecule has 0 aliphatic carbocycles. The standard InChI is InChI=1S/C21H28F3N3OS/c1-13(2)5-4-8-27-9-6-14(7-10-27)17-11-16(21(22,23)24)19-18(26-17)15(12-29-19)20(28)25-3/h11-14H,4-10H2,1-3H3,(H,25,28). The second-order valence-electron chi connectivity index (χ2n) is 8.15. The van der Waals surface area contributed by atoms with Crippen molar-refractivity contribution in [3.63, 3.8) is 0 Å². The van der Waals surface area contributed by atoms with E-state index in [4.69, 9.17) is 0 Å². The van der Waals surface area contributed by atoms with Gasteiger partial charge < -0.3 is 10.2 Å². The predicted molar refractivity (Wildman–Crippen MR) is 110 cm³/mol. The Morgan fingerprint density at radius 2 is 2.03 bits per heavy atom. The normalized spacial score (nSPS) is 16.7.